The van der Waals surface area contributed by atoms with Gasteiger partial charge >= 0.3 is 0 Å². The fourth-order valence-corrected chi connectivity index (χ4v) is 2.87. The van der Waals surface area contributed by atoms with Crippen LogP contribution < -0.4 is 0 Å². The first-order valence-electron chi connectivity index (χ1n) is 6.31. The van der Waals surface area contributed by atoms with Crippen molar-refractivity contribution in [2.24, 2.45) is 0 Å². The van der Waals surface area contributed by atoms with E-state index in [0.717, 1.165) is 35.0 Å². The summed E-state index contributed by atoms with van der Waals surface area (Å²) in [7, 11) is 0. The van der Waals surface area contributed by atoms with Crippen LogP contribution in [0.1, 0.15) is 35.8 Å². The maximum atomic E-state index is 12.1. The van der Waals surface area contributed by atoms with Crippen molar-refractivity contribution in [1.29, 1.82) is 0 Å². The molecular weight excluding hydrogens is 226 g/mol. The Morgan fingerprint density at radius 2 is 2.06 bits per heavy atom. The predicted octanol–water partition coefficient (Wildman–Crippen LogP) is 2.75. The molecule has 2 aromatic rings. The van der Waals surface area contributed by atoms with Gasteiger partial charge in [-0.3, -0.25) is 9.59 Å². The van der Waals surface area contributed by atoms with E-state index in [1.54, 1.807) is 6.92 Å². The summed E-state index contributed by atoms with van der Waals surface area (Å²) in [6.07, 6.45) is 2.41. The van der Waals surface area contributed by atoms with Crippen LogP contribution in [-0.2, 0) is 17.8 Å². The molecule has 0 saturated carbocycles. The van der Waals surface area contributed by atoms with Gasteiger partial charge < -0.3 is 4.57 Å². The number of fused-ring (bicyclic) bond motifs is 3. The van der Waals surface area contributed by atoms with E-state index in [1.165, 1.54) is 0 Å². The van der Waals surface area contributed by atoms with Crippen LogP contribution in [0.5, 0.6) is 0 Å². The molecule has 3 rings (SSSR count). The van der Waals surface area contributed by atoms with Gasteiger partial charge in [0.1, 0.15) is 5.78 Å². The predicted molar refractivity (Wildman–Crippen MR) is 69.9 cm³/mol. The van der Waals surface area contributed by atoms with Gasteiger partial charge in [0.2, 0.25) is 0 Å². The van der Waals surface area contributed by atoms with E-state index >= 15 is 0 Å². The molecule has 0 unspecified atom stereocenters. The molecule has 0 spiro atoms. The van der Waals surface area contributed by atoms with Crippen molar-refractivity contribution >= 4 is 22.5 Å². The van der Waals surface area contributed by atoms with Gasteiger partial charge in [-0.15, -0.1) is 0 Å². The molecule has 1 aliphatic carbocycles. The highest BCUT2D eigenvalue weighted by molar-refractivity contribution is 6.10. The van der Waals surface area contributed by atoms with Crippen molar-refractivity contribution in [3.8, 4) is 0 Å². The van der Waals surface area contributed by atoms with Crippen LogP contribution in [0.2, 0.25) is 0 Å². The van der Waals surface area contributed by atoms with Crippen LogP contribution in [0.15, 0.2) is 24.3 Å². The lowest BCUT2D eigenvalue weighted by molar-refractivity contribution is -0.117. The van der Waals surface area contributed by atoms with E-state index in [-0.39, 0.29) is 11.6 Å². The molecule has 0 bridgehead atoms. The van der Waals surface area contributed by atoms with Crippen LogP contribution in [0.4, 0.5) is 0 Å². The maximum Gasteiger partial charge on any atom is 0.165 e. The number of aromatic nitrogens is 1. The lowest BCUT2D eigenvalue weighted by Crippen LogP contribution is -2.15. The number of benzene rings is 1. The molecule has 92 valence electrons. The third-order valence-electron chi connectivity index (χ3n) is 3.56. The average Bonchev–Trinajstić information content (AvgIpc) is 2.65. The fraction of sp³-hybridized carbons (Fsp3) is 0.333. The molecule has 3 heteroatoms. The minimum atomic E-state index is 0.122. The SMILES string of the molecule is CC(=O)Cn1c2c(c3ccccc31)C(=O)CCC2. The van der Waals surface area contributed by atoms with E-state index in [2.05, 4.69) is 0 Å². The maximum absolute atomic E-state index is 12.1. The Labute approximate surface area is 105 Å². The number of nitrogens with zero attached hydrogens (tertiary/aromatic N) is 1. The van der Waals surface area contributed by atoms with Crippen LogP contribution in [-0.4, -0.2) is 16.1 Å². The first kappa shape index (κ1) is 11.2. The molecule has 0 atom stereocenters. The average molecular weight is 241 g/mol. The first-order chi connectivity index (χ1) is 8.68. The van der Waals surface area contributed by atoms with Gasteiger partial charge in [-0.25, -0.2) is 0 Å². The summed E-state index contributed by atoms with van der Waals surface area (Å²) >= 11 is 0. The summed E-state index contributed by atoms with van der Waals surface area (Å²) in [5.74, 6) is 0.339. The second kappa shape index (κ2) is 4.09. The van der Waals surface area contributed by atoms with E-state index in [1.807, 2.05) is 28.8 Å². The standard InChI is InChI=1S/C15H15NO2/c1-10(17)9-16-12-6-3-2-5-11(12)15-13(16)7-4-8-14(15)18/h2-3,5-6H,4,7-9H2,1H3. The quantitative estimate of drug-likeness (QED) is 0.811. The van der Waals surface area contributed by atoms with Crippen molar-refractivity contribution < 1.29 is 9.59 Å². The number of hydrogen-bond acceptors (Lipinski definition) is 2. The first-order valence-corrected chi connectivity index (χ1v) is 6.31. The molecule has 1 aromatic heterocycles. The Kier molecular flexibility index (Phi) is 2.54. The number of Topliss-reactive ketones (excluding diaryl/α,β-unsaturated/α-hetero) is 2. The molecule has 0 radical (unpaired) electrons. The smallest absolute Gasteiger partial charge is 0.165 e. The van der Waals surface area contributed by atoms with Crippen molar-refractivity contribution in [3.63, 3.8) is 0 Å². The third kappa shape index (κ3) is 1.58. The van der Waals surface area contributed by atoms with E-state index in [9.17, 15) is 9.59 Å². The summed E-state index contributed by atoms with van der Waals surface area (Å²) in [6, 6.07) is 7.87. The number of rotatable bonds is 2. The second-order valence-corrected chi connectivity index (χ2v) is 4.90. The highest BCUT2D eigenvalue weighted by Gasteiger charge is 2.25. The van der Waals surface area contributed by atoms with Crippen molar-refractivity contribution in [2.45, 2.75) is 32.7 Å². The molecule has 0 N–H and O–H groups in total. The Morgan fingerprint density at radius 3 is 2.83 bits per heavy atom. The van der Waals surface area contributed by atoms with Gasteiger partial charge in [0.25, 0.3) is 0 Å². The second-order valence-electron chi connectivity index (χ2n) is 4.90. The molecule has 0 amide bonds. The Balaban J connectivity index is 2.33. The van der Waals surface area contributed by atoms with Crippen LogP contribution in [0.25, 0.3) is 10.9 Å². The minimum absolute atomic E-state index is 0.122. The Bertz CT molecular complexity index is 652. The van der Waals surface area contributed by atoms with Crippen LogP contribution in [0, 0.1) is 0 Å². The summed E-state index contributed by atoms with van der Waals surface area (Å²) in [5, 5.41) is 0.999. The minimum Gasteiger partial charge on any atom is -0.336 e. The highest BCUT2D eigenvalue weighted by atomic mass is 16.1. The summed E-state index contributed by atoms with van der Waals surface area (Å²) in [4.78, 5) is 23.5. The van der Waals surface area contributed by atoms with Gasteiger partial charge in [0.05, 0.1) is 6.54 Å². The lowest BCUT2D eigenvalue weighted by Gasteiger charge is -2.14. The van der Waals surface area contributed by atoms with Gasteiger partial charge in [-0.05, 0) is 25.8 Å². The zero-order chi connectivity index (χ0) is 12.7. The third-order valence-corrected chi connectivity index (χ3v) is 3.56. The Morgan fingerprint density at radius 1 is 1.28 bits per heavy atom. The molecule has 1 aromatic carbocycles. The monoisotopic (exact) mass is 241 g/mol. The topological polar surface area (TPSA) is 39.1 Å². The van der Waals surface area contributed by atoms with Crippen molar-refractivity contribution in [1.82, 2.24) is 4.57 Å². The number of para-hydroxylation sites is 1. The fourth-order valence-electron chi connectivity index (χ4n) is 2.87. The van der Waals surface area contributed by atoms with E-state index in [4.69, 9.17) is 0 Å². The number of hydrogen-bond donors (Lipinski definition) is 0. The van der Waals surface area contributed by atoms with Crippen LogP contribution >= 0.6 is 0 Å². The number of ketones is 2. The van der Waals surface area contributed by atoms with Crippen LogP contribution in [0.3, 0.4) is 0 Å². The molecule has 0 fully saturated rings. The highest BCUT2D eigenvalue weighted by Crippen LogP contribution is 2.31. The number of carbonyl (C=O) groups excluding carboxylic acids is 2. The molecule has 18 heavy (non-hydrogen) atoms. The molecule has 0 saturated heterocycles. The molecule has 1 heterocycles. The summed E-state index contributed by atoms with van der Waals surface area (Å²) in [5.41, 5.74) is 2.90. The molecular formula is C15H15NO2. The summed E-state index contributed by atoms with van der Waals surface area (Å²) < 4.78 is 2.02. The lowest BCUT2D eigenvalue weighted by atomic mass is 9.94. The van der Waals surface area contributed by atoms with Gasteiger partial charge in [-0.1, -0.05) is 18.2 Å². The van der Waals surface area contributed by atoms with Gasteiger partial charge in [-0.2, -0.15) is 0 Å². The zero-order valence-corrected chi connectivity index (χ0v) is 10.4. The van der Waals surface area contributed by atoms with Gasteiger partial charge in [0, 0.05) is 28.6 Å². The normalized spacial score (nSPS) is 14.8. The van der Waals surface area contributed by atoms with Gasteiger partial charge in [0.15, 0.2) is 5.78 Å². The molecule has 0 aliphatic heterocycles. The molecule has 1 aliphatic rings. The Hall–Kier alpha value is -1.90. The largest absolute Gasteiger partial charge is 0.336 e. The van der Waals surface area contributed by atoms with Crippen molar-refractivity contribution in [3.05, 3.63) is 35.5 Å². The van der Waals surface area contributed by atoms with E-state index < -0.39 is 0 Å². The van der Waals surface area contributed by atoms with E-state index in [0.29, 0.717) is 13.0 Å². The molecule has 3 nitrogen and oxygen atoms in total. The summed E-state index contributed by atoms with van der Waals surface area (Å²) in [6.45, 7) is 1.95. The zero-order valence-electron chi connectivity index (χ0n) is 10.4. The van der Waals surface area contributed by atoms with Crippen molar-refractivity contribution in [2.75, 3.05) is 0 Å². The number of carbonyl (C=O) groups is 2.